The molecule has 1 N–H and O–H groups in total. The first-order valence-electron chi connectivity index (χ1n) is 7.39. The third kappa shape index (κ3) is 3.95. The van der Waals surface area contributed by atoms with E-state index in [1.807, 2.05) is 12.1 Å². The standard InChI is InChI=1S/C18H13Cl2NO4/c1-10(17(22)21-14-9-12(19)6-7-13(14)20)24-18(23)16-8-11-4-2-3-5-15(11)25-16/h2-10H,1H3,(H,21,22)/t10-/m1/s1. The fourth-order valence-electron chi connectivity index (χ4n) is 2.18. The van der Waals surface area contributed by atoms with E-state index in [4.69, 9.17) is 32.4 Å². The van der Waals surface area contributed by atoms with Crippen LogP contribution in [0.1, 0.15) is 17.5 Å². The van der Waals surface area contributed by atoms with Crippen LogP contribution in [0.2, 0.25) is 10.0 Å². The minimum Gasteiger partial charge on any atom is -0.449 e. The van der Waals surface area contributed by atoms with Gasteiger partial charge in [-0.3, -0.25) is 4.79 Å². The third-order valence-corrected chi connectivity index (χ3v) is 4.03. The first kappa shape index (κ1) is 17.3. The molecule has 0 aliphatic carbocycles. The number of amides is 1. The van der Waals surface area contributed by atoms with Crippen LogP contribution in [0.5, 0.6) is 0 Å². The number of para-hydroxylation sites is 1. The lowest BCUT2D eigenvalue weighted by Crippen LogP contribution is -2.30. The minimum absolute atomic E-state index is 0.0293. The van der Waals surface area contributed by atoms with Crippen LogP contribution >= 0.6 is 23.2 Å². The summed E-state index contributed by atoms with van der Waals surface area (Å²) in [7, 11) is 0. The Labute approximate surface area is 153 Å². The summed E-state index contributed by atoms with van der Waals surface area (Å²) in [4.78, 5) is 24.4. The molecule has 0 fully saturated rings. The van der Waals surface area contributed by atoms with Crippen molar-refractivity contribution in [3.05, 3.63) is 64.3 Å². The van der Waals surface area contributed by atoms with Crippen LogP contribution in [0.4, 0.5) is 5.69 Å². The van der Waals surface area contributed by atoms with Gasteiger partial charge >= 0.3 is 5.97 Å². The highest BCUT2D eigenvalue weighted by atomic mass is 35.5. The topological polar surface area (TPSA) is 68.5 Å². The molecular weight excluding hydrogens is 365 g/mol. The predicted molar refractivity (Wildman–Crippen MR) is 96.2 cm³/mol. The van der Waals surface area contributed by atoms with Gasteiger partial charge in [0.05, 0.1) is 10.7 Å². The number of halogens is 2. The highest BCUT2D eigenvalue weighted by Gasteiger charge is 2.22. The van der Waals surface area contributed by atoms with Gasteiger partial charge in [0.2, 0.25) is 5.76 Å². The number of rotatable bonds is 4. The summed E-state index contributed by atoms with van der Waals surface area (Å²) in [6.07, 6.45) is -1.05. The Morgan fingerprint density at radius 2 is 1.88 bits per heavy atom. The molecule has 0 bridgehead atoms. The Kier molecular flexibility index (Phi) is 4.97. The molecular formula is C18H13Cl2NO4. The van der Waals surface area contributed by atoms with Crippen LogP contribution < -0.4 is 5.32 Å². The molecule has 7 heteroatoms. The number of carbonyl (C=O) groups is 2. The molecule has 3 rings (SSSR count). The van der Waals surface area contributed by atoms with Crippen LogP contribution in [0.15, 0.2) is 52.9 Å². The molecule has 0 saturated carbocycles. The molecule has 3 aromatic rings. The summed E-state index contributed by atoms with van der Waals surface area (Å²) in [6.45, 7) is 1.45. The molecule has 5 nitrogen and oxygen atoms in total. The molecule has 0 radical (unpaired) electrons. The van der Waals surface area contributed by atoms with Crippen LogP contribution in [-0.4, -0.2) is 18.0 Å². The Bertz CT molecular complexity index is 918. The maximum absolute atomic E-state index is 12.2. The van der Waals surface area contributed by atoms with E-state index in [1.165, 1.54) is 13.0 Å². The Morgan fingerprint density at radius 1 is 1.12 bits per heavy atom. The van der Waals surface area contributed by atoms with E-state index in [1.54, 1.807) is 30.3 Å². The number of furan rings is 1. The number of nitrogens with one attached hydrogen (secondary N) is 1. The number of carbonyl (C=O) groups excluding carboxylic acids is 2. The van der Waals surface area contributed by atoms with E-state index in [0.717, 1.165) is 5.39 Å². The predicted octanol–water partition coefficient (Wildman–Crippen LogP) is 4.92. The van der Waals surface area contributed by atoms with E-state index in [-0.39, 0.29) is 5.76 Å². The zero-order valence-corrected chi connectivity index (χ0v) is 14.6. The van der Waals surface area contributed by atoms with Crippen molar-refractivity contribution in [1.29, 1.82) is 0 Å². The van der Waals surface area contributed by atoms with Crippen LogP contribution in [0, 0.1) is 0 Å². The summed E-state index contributed by atoms with van der Waals surface area (Å²) >= 11 is 11.9. The highest BCUT2D eigenvalue weighted by Crippen LogP contribution is 2.26. The molecule has 0 aliphatic rings. The molecule has 1 amide bonds. The van der Waals surface area contributed by atoms with Crippen molar-refractivity contribution in [3.8, 4) is 0 Å². The van der Waals surface area contributed by atoms with Gasteiger partial charge in [0.1, 0.15) is 5.58 Å². The quantitative estimate of drug-likeness (QED) is 0.654. The van der Waals surface area contributed by atoms with Crippen LogP contribution in [-0.2, 0) is 9.53 Å². The number of benzene rings is 2. The molecule has 128 valence electrons. The van der Waals surface area contributed by atoms with Gasteiger partial charge in [-0.1, -0.05) is 41.4 Å². The van der Waals surface area contributed by atoms with Gasteiger partial charge in [-0.15, -0.1) is 0 Å². The summed E-state index contributed by atoms with van der Waals surface area (Å²) < 4.78 is 10.6. The minimum atomic E-state index is -1.05. The smallest absolute Gasteiger partial charge is 0.375 e. The fourth-order valence-corrected chi connectivity index (χ4v) is 2.52. The second kappa shape index (κ2) is 7.17. The van der Waals surface area contributed by atoms with Crippen molar-refractivity contribution < 1.29 is 18.7 Å². The largest absolute Gasteiger partial charge is 0.449 e. The van der Waals surface area contributed by atoms with E-state index < -0.39 is 18.0 Å². The van der Waals surface area contributed by atoms with E-state index in [9.17, 15) is 9.59 Å². The van der Waals surface area contributed by atoms with Gasteiger partial charge in [-0.05, 0) is 37.3 Å². The molecule has 1 heterocycles. The summed E-state index contributed by atoms with van der Waals surface area (Å²) in [5.41, 5.74) is 0.906. The average Bonchev–Trinajstić information content (AvgIpc) is 3.02. The number of hydrogen-bond acceptors (Lipinski definition) is 4. The molecule has 1 aromatic heterocycles. The summed E-state index contributed by atoms with van der Waals surface area (Å²) in [5, 5.41) is 4.10. The third-order valence-electron chi connectivity index (χ3n) is 3.47. The molecule has 0 unspecified atom stereocenters. The Hall–Kier alpha value is -2.50. The maximum atomic E-state index is 12.2. The van der Waals surface area contributed by atoms with Crippen molar-refractivity contribution in [2.45, 2.75) is 13.0 Å². The Balaban J connectivity index is 1.68. The molecule has 25 heavy (non-hydrogen) atoms. The number of fused-ring (bicyclic) bond motifs is 1. The van der Waals surface area contributed by atoms with Crippen molar-refractivity contribution in [2.24, 2.45) is 0 Å². The van der Waals surface area contributed by atoms with Crippen molar-refractivity contribution in [1.82, 2.24) is 0 Å². The lowest BCUT2D eigenvalue weighted by Gasteiger charge is -2.13. The van der Waals surface area contributed by atoms with Gasteiger partial charge in [-0.25, -0.2) is 4.79 Å². The first-order chi connectivity index (χ1) is 11.9. The fraction of sp³-hybridized carbons (Fsp3) is 0.111. The first-order valence-corrected chi connectivity index (χ1v) is 8.15. The summed E-state index contributed by atoms with van der Waals surface area (Å²) in [6, 6.07) is 13.4. The molecule has 0 saturated heterocycles. The molecule has 0 aliphatic heterocycles. The van der Waals surface area contributed by atoms with Gasteiger partial charge in [0.25, 0.3) is 5.91 Å². The number of esters is 1. The van der Waals surface area contributed by atoms with Crippen molar-refractivity contribution in [3.63, 3.8) is 0 Å². The Morgan fingerprint density at radius 3 is 2.64 bits per heavy atom. The average molecular weight is 378 g/mol. The van der Waals surface area contributed by atoms with Crippen LogP contribution in [0.25, 0.3) is 11.0 Å². The lowest BCUT2D eigenvalue weighted by atomic mass is 10.2. The maximum Gasteiger partial charge on any atom is 0.375 e. The van der Waals surface area contributed by atoms with E-state index in [0.29, 0.717) is 21.3 Å². The van der Waals surface area contributed by atoms with Crippen molar-refractivity contribution >= 4 is 51.7 Å². The number of hydrogen-bond donors (Lipinski definition) is 1. The van der Waals surface area contributed by atoms with E-state index >= 15 is 0 Å². The second-order valence-electron chi connectivity index (χ2n) is 5.31. The number of ether oxygens (including phenoxy) is 1. The zero-order chi connectivity index (χ0) is 18.0. The van der Waals surface area contributed by atoms with E-state index in [2.05, 4.69) is 5.32 Å². The van der Waals surface area contributed by atoms with Gasteiger partial charge < -0.3 is 14.5 Å². The van der Waals surface area contributed by atoms with Gasteiger partial charge in [0, 0.05) is 10.4 Å². The van der Waals surface area contributed by atoms with Gasteiger partial charge in [-0.2, -0.15) is 0 Å². The summed E-state index contributed by atoms with van der Waals surface area (Å²) in [5.74, 6) is -1.23. The zero-order valence-electron chi connectivity index (χ0n) is 13.1. The lowest BCUT2D eigenvalue weighted by molar-refractivity contribution is -0.123. The highest BCUT2D eigenvalue weighted by molar-refractivity contribution is 6.35. The van der Waals surface area contributed by atoms with Crippen LogP contribution in [0.3, 0.4) is 0 Å². The molecule has 2 aromatic carbocycles. The second-order valence-corrected chi connectivity index (χ2v) is 6.15. The van der Waals surface area contributed by atoms with Crippen molar-refractivity contribution in [2.75, 3.05) is 5.32 Å². The number of anilines is 1. The monoisotopic (exact) mass is 377 g/mol. The molecule has 0 spiro atoms. The van der Waals surface area contributed by atoms with Gasteiger partial charge in [0.15, 0.2) is 6.10 Å². The molecule has 1 atom stereocenters. The SMILES string of the molecule is C[C@@H](OC(=O)c1cc2ccccc2o1)C(=O)Nc1cc(Cl)ccc1Cl. The normalized spacial score (nSPS) is 12.0.